The lowest BCUT2D eigenvalue weighted by molar-refractivity contribution is -0.137. The molecule has 1 aliphatic heterocycles. The van der Waals surface area contributed by atoms with Gasteiger partial charge in [0, 0.05) is 16.8 Å². The second kappa shape index (κ2) is 6.46. The molecule has 1 N–H and O–H groups in total. The normalized spacial score (nSPS) is 13.3. The van der Waals surface area contributed by atoms with Crippen molar-refractivity contribution in [3.05, 3.63) is 89.5 Å². The van der Waals surface area contributed by atoms with E-state index in [2.05, 4.69) is 5.32 Å². The molecule has 0 spiro atoms. The molecular weight excluding hydrogens is 355 g/mol. The number of amides is 1. The van der Waals surface area contributed by atoms with Gasteiger partial charge in [-0.2, -0.15) is 13.2 Å². The summed E-state index contributed by atoms with van der Waals surface area (Å²) in [5.41, 5.74) is 0.616. The van der Waals surface area contributed by atoms with Crippen molar-refractivity contribution in [1.82, 2.24) is 0 Å². The molecule has 0 saturated carbocycles. The Bertz CT molecular complexity index is 969. The van der Waals surface area contributed by atoms with Crippen LogP contribution in [0.15, 0.2) is 72.8 Å². The molecule has 0 fully saturated rings. The predicted octanol–water partition coefficient (Wildman–Crippen LogP) is 5.58. The van der Waals surface area contributed by atoms with Gasteiger partial charge in [0.1, 0.15) is 11.5 Å². The van der Waals surface area contributed by atoms with E-state index in [1.165, 1.54) is 12.1 Å². The SMILES string of the molecule is O=C(Nc1cccc(C(F)(F)F)c1)C1c2ccccc2Oc2ccccc21. The highest BCUT2D eigenvalue weighted by Gasteiger charge is 2.33. The molecule has 3 nitrogen and oxygen atoms in total. The summed E-state index contributed by atoms with van der Waals surface area (Å²) in [6, 6.07) is 18.9. The number of fused-ring (bicyclic) bond motifs is 2. The number of para-hydroxylation sites is 2. The summed E-state index contributed by atoms with van der Waals surface area (Å²) in [5, 5.41) is 2.61. The van der Waals surface area contributed by atoms with Gasteiger partial charge in [-0.3, -0.25) is 4.79 Å². The van der Waals surface area contributed by atoms with Crippen molar-refractivity contribution < 1.29 is 22.7 Å². The maximum Gasteiger partial charge on any atom is 0.416 e. The Hall–Kier alpha value is -3.28. The molecule has 3 aromatic carbocycles. The number of carbonyl (C=O) groups is 1. The lowest BCUT2D eigenvalue weighted by atomic mass is 9.87. The highest BCUT2D eigenvalue weighted by molar-refractivity contribution is 5.99. The van der Waals surface area contributed by atoms with Gasteiger partial charge in [0.2, 0.25) is 5.91 Å². The molecule has 0 bridgehead atoms. The topological polar surface area (TPSA) is 38.3 Å². The largest absolute Gasteiger partial charge is 0.457 e. The lowest BCUT2D eigenvalue weighted by Crippen LogP contribution is -2.25. The molecule has 0 unspecified atom stereocenters. The van der Waals surface area contributed by atoms with E-state index in [1.54, 1.807) is 48.5 Å². The van der Waals surface area contributed by atoms with E-state index in [0.717, 1.165) is 12.1 Å². The first-order chi connectivity index (χ1) is 12.9. The Morgan fingerprint density at radius 3 is 2.04 bits per heavy atom. The van der Waals surface area contributed by atoms with E-state index in [-0.39, 0.29) is 5.69 Å². The Morgan fingerprint density at radius 1 is 0.852 bits per heavy atom. The third-order valence-corrected chi connectivity index (χ3v) is 4.40. The predicted molar refractivity (Wildman–Crippen MR) is 94.9 cm³/mol. The van der Waals surface area contributed by atoms with Crippen molar-refractivity contribution in [3.8, 4) is 11.5 Å². The van der Waals surface area contributed by atoms with Crippen LogP contribution >= 0.6 is 0 Å². The fourth-order valence-electron chi connectivity index (χ4n) is 3.18. The molecule has 1 amide bonds. The summed E-state index contributed by atoms with van der Waals surface area (Å²) < 4.78 is 44.6. The number of anilines is 1. The quantitative estimate of drug-likeness (QED) is 0.640. The van der Waals surface area contributed by atoms with Gasteiger partial charge in [0.05, 0.1) is 11.5 Å². The van der Waals surface area contributed by atoms with Crippen LogP contribution in [0, 0.1) is 0 Å². The minimum atomic E-state index is -4.47. The molecule has 0 saturated heterocycles. The van der Waals surface area contributed by atoms with Crippen LogP contribution in [0.4, 0.5) is 18.9 Å². The molecule has 1 aliphatic rings. The molecule has 0 aromatic heterocycles. The van der Waals surface area contributed by atoms with Gasteiger partial charge in [-0.05, 0) is 30.3 Å². The number of alkyl halides is 3. The summed E-state index contributed by atoms with van der Waals surface area (Å²) in [4.78, 5) is 13.0. The standard InChI is InChI=1S/C21H14F3NO2/c22-21(23,24)13-6-5-7-14(12-13)25-20(26)19-15-8-1-3-10-17(15)27-18-11-4-2-9-16(18)19/h1-12,19H,(H,25,26). The minimum Gasteiger partial charge on any atom is -0.457 e. The van der Waals surface area contributed by atoms with Gasteiger partial charge in [0.15, 0.2) is 0 Å². The molecular formula is C21H14F3NO2. The number of hydrogen-bond donors (Lipinski definition) is 1. The van der Waals surface area contributed by atoms with Crippen LogP contribution in [0.2, 0.25) is 0 Å². The summed E-state index contributed by atoms with van der Waals surface area (Å²) in [7, 11) is 0. The second-order valence-corrected chi connectivity index (χ2v) is 6.18. The molecule has 3 aromatic rings. The van der Waals surface area contributed by atoms with Crippen LogP contribution in [0.5, 0.6) is 11.5 Å². The number of carbonyl (C=O) groups excluding carboxylic acids is 1. The van der Waals surface area contributed by atoms with Crippen LogP contribution < -0.4 is 10.1 Å². The third-order valence-electron chi connectivity index (χ3n) is 4.40. The van der Waals surface area contributed by atoms with Gasteiger partial charge in [0.25, 0.3) is 0 Å². The molecule has 4 rings (SSSR count). The Labute approximate surface area is 153 Å². The van der Waals surface area contributed by atoms with Crippen molar-refractivity contribution in [3.63, 3.8) is 0 Å². The van der Waals surface area contributed by atoms with Crippen molar-refractivity contribution in [2.24, 2.45) is 0 Å². The van der Waals surface area contributed by atoms with Crippen LogP contribution in [0.1, 0.15) is 22.6 Å². The van der Waals surface area contributed by atoms with Gasteiger partial charge in [-0.25, -0.2) is 0 Å². The van der Waals surface area contributed by atoms with Crippen LogP contribution in [-0.4, -0.2) is 5.91 Å². The van der Waals surface area contributed by atoms with E-state index < -0.39 is 23.6 Å². The number of halogens is 3. The Kier molecular flexibility index (Phi) is 4.11. The lowest BCUT2D eigenvalue weighted by Gasteiger charge is -2.27. The first-order valence-corrected chi connectivity index (χ1v) is 8.27. The number of ether oxygens (including phenoxy) is 1. The summed E-state index contributed by atoms with van der Waals surface area (Å²) in [6.45, 7) is 0. The van der Waals surface area contributed by atoms with E-state index in [1.807, 2.05) is 0 Å². The summed E-state index contributed by atoms with van der Waals surface area (Å²) in [5.74, 6) is 0.0130. The van der Waals surface area contributed by atoms with Crippen molar-refractivity contribution in [2.45, 2.75) is 12.1 Å². The first kappa shape index (κ1) is 17.1. The monoisotopic (exact) mass is 369 g/mol. The van der Waals surface area contributed by atoms with E-state index in [0.29, 0.717) is 22.6 Å². The van der Waals surface area contributed by atoms with Crippen LogP contribution in [-0.2, 0) is 11.0 Å². The Balaban J connectivity index is 1.71. The second-order valence-electron chi connectivity index (χ2n) is 6.18. The molecule has 6 heteroatoms. The molecule has 0 atom stereocenters. The number of hydrogen-bond acceptors (Lipinski definition) is 2. The molecule has 136 valence electrons. The fourth-order valence-corrected chi connectivity index (χ4v) is 3.18. The average Bonchev–Trinajstić information content (AvgIpc) is 2.65. The zero-order valence-electron chi connectivity index (χ0n) is 14.0. The average molecular weight is 369 g/mol. The smallest absolute Gasteiger partial charge is 0.416 e. The van der Waals surface area contributed by atoms with Gasteiger partial charge < -0.3 is 10.1 Å². The van der Waals surface area contributed by atoms with Crippen LogP contribution in [0.3, 0.4) is 0 Å². The van der Waals surface area contributed by atoms with Gasteiger partial charge in [-0.15, -0.1) is 0 Å². The number of benzene rings is 3. The van der Waals surface area contributed by atoms with Gasteiger partial charge in [-0.1, -0.05) is 42.5 Å². The zero-order chi connectivity index (χ0) is 19.0. The minimum absolute atomic E-state index is 0.0938. The highest BCUT2D eigenvalue weighted by atomic mass is 19.4. The molecule has 27 heavy (non-hydrogen) atoms. The first-order valence-electron chi connectivity index (χ1n) is 8.27. The van der Waals surface area contributed by atoms with E-state index in [9.17, 15) is 18.0 Å². The fraction of sp³-hybridized carbons (Fsp3) is 0.0952. The van der Waals surface area contributed by atoms with Crippen molar-refractivity contribution in [2.75, 3.05) is 5.32 Å². The van der Waals surface area contributed by atoms with Gasteiger partial charge >= 0.3 is 6.18 Å². The van der Waals surface area contributed by atoms with Crippen LogP contribution in [0.25, 0.3) is 0 Å². The molecule has 0 radical (unpaired) electrons. The summed E-state index contributed by atoms with van der Waals surface area (Å²) >= 11 is 0. The van der Waals surface area contributed by atoms with E-state index in [4.69, 9.17) is 4.74 Å². The number of rotatable bonds is 2. The maximum atomic E-state index is 13.0. The van der Waals surface area contributed by atoms with Crippen molar-refractivity contribution in [1.29, 1.82) is 0 Å². The zero-order valence-corrected chi connectivity index (χ0v) is 14.0. The third kappa shape index (κ3) is 3.26. The Morgan fingerprint density at radius 2 is 1.44 bits per heavy atom. The maximum absolute atomic E-state index is 13.0. The van der Waals surface area contributed by atoms with E-state index >= 15 is 0 Å². The molecule has 0 aliphatic carbocycles. The molecule has 1 heterocycles. The van der Waals surface area contributed by atoms with Crippen molar-refractivity contribution >= 4 is 11.6 Å². The number of nitrogens with one attached hydrogen (secondary N) is 1. The summed E-state index contributed by atoms with van der Waals surface area (Å²) in [6.07, 6.45) is -4.47. The highest BCUT2D eigenvalue weighted by Crippen LogP contribution is 2.44.